The highest BCUT2D eigenvalue weighted by Crippen LogP contribution is 2.21. The monoisotopic (exact) mass is 309 g/mol. The van der Waals surface area contributed by atoms with E-state index in [1.807, 2.05) is 4.90 Å². The van der Waals surface area contributed by atoms with Crippen molar-refractivity contribution in [1.82, 2.24) is 15.5 Å². The molecule has 0 aromatic carbocycles. The van der Waals surface area contributed by atoms with Gasteiger partial charge in [-0.3, -0.25) is 9.59 Å². The molecule has 2 fully saturated rings. The van der Waals surface area contributed by atoms with Crippen LogP contribution in [0.25, 0.3) is 0 Å². The van der Waals surface area contributed by atoms with Gasteiger partial charge in [-0.2, -0.15) is 0 Å². The lowest BCUT2D eigenvalue weighted by Gasteiger charge is -2.32. The Kier molecular flexibility index (Phi) is 7.16. The number of carbonyl (C=O) groups excluding carboxylic acids is 2. The number of hydrogen-bond acceptors (Lipinski definition) is 3. The zero-order valence-corrected chi connectivity index (χ0v) is 13.9. The fraction of sp³-hybridized carbons (Fsp3) is 0.882. The maximum Gasteiger partial charge on any atom is 0.223 e. The van der Waals surface area contributed by atoms with Gasteiger partial charge in [0.25, 0.3) is 0 Å². The van der Waals surface area contributed by atoms with Crippen molar-refractivity contribution >= 4 is 11.8 Å². The topological polar surface area (TPSA) is 61.4 Å². The lowest BCUT2D eigenvalue weighted by Crippen LogP contribution is -2.43. The van der Waals surface area contributed by atoms with Crippen molar-refractivity contribution in [1.29, 1.82) is 0 Å². The molecule has 0 bridgehead atoms. The fourth-order valence-corrected chi connectivity index (χ4v) is 3.44. The average molecular weight is 309 g/mol. The SMILES string of the molecule is CCCNC(=O)C1CCN(C(=O)CCC2CCNCC2)CC1. The highest BCUT2D eigenvalue weighted by atomic mass is 16.2. The van der Waals surface area contributed by atoms with Gasteiger partial charge in [-0.25, -0.2) is 0 Å². The second kappa shape index (κ2) is 9.13. The van der Waals surface area contributed by atoms with E-state index in [1.54, 1.807) is 0 Å². The van der Waals surface area contributed by atoms with E-state index < -0.39 is 0 Å². The first-order valence-corrected chi connectivity index (χ1v) is 8.97. The summed E-state index contributed by atoms with van der Waals surface area (Å²) in [6.07, 6.45) is 6.71. The van der Waals surface area contributed by atoms with E-state index in [4.69, 9.17) is 0 Å². The summed E-state index contributed by atoms with van der Waals surface area (Å²) < 4.78 is 0. The molecule has 2 amide bonds. The summed E-state index contributed by atoms with van der Waals surface area (Å²) in [4.78, 5) is 26.2. The van der Waals surface area contributed by atoms with Crippen LogP contribution in [0, 0.1) is 11.8 Å². The molecule has 2 aliphatic heterocycles. The highest BCUT2D eigenvalue weighted by molar-refractivity contribution is 5.80. The molecule has 2 heterocycles. The van der Waals surface area contributed by atoms with Gasteiger partial charge in [0.1, 0.15) is 0 Å². The van der Waals surface area contributed by atoms with Crippen molar-refractivity contribution in [2.24, 2.45) is 11.8 Å². The van der Waals surface area contributed by atoms with E-state index in [0.717, 1.165) is 58.4 Å². The molecule has 0 spiro atoms. The van der Waals surface area contributed by atoms with Crippen LogP contribution in [0.15, 0.2) is 0 Å². The van der Waals surface area contributed by atoms with Crippen molar-refractivity contribution in [2.45, 2.75) is 51.9 Å². The zero-order valence-electron chi connectivity index (χ0n) is 13.9. The van der Waals surface area contributed by atoms with Crippen LogP contribution in [-0.4, -0.2) is 49.4 Å². The van der Waals surface area contributed by atoms with Crippen molar-refractivity contribution in [3.63, 3.8) is 0 Å². The van der Waals surface area contributed by atoms with E-state index >= 15 is 0 Å². The Hall–Kier alpha value is -1.10. The molecule has 2 rings (SSSR count). The molecular formula is C17H31N3O2. The van der Waals surface area contributed by atoms with Gasteiger partial charge in [0.2, 0.25) is 11.8 Å². The van der Waals surface area contributed by atoms with Gasteiger partial charge in [-0.05, 0) is 57.5 Å². The molecule has 22 heavy (non-hydrogen) atoms. The van der Waals surface area contributed by atoms with Crippen LogP contribution in [0.5, 0.6) is 0 Å². The van der Waals surface area contributed by atoms with Crippen molar-refractivity contribution in [3.05, 3.63) is 0 Å². The average Bonchev–Trinajstić information content (AvgIpc) is 2.58. The molecule has 2 saturated heterocycles. The summed E-state index contributed by atoms with van der Waals surface area (Å²) in [5, 5.41) is 6.33. The molecule has 5 heteroatoms. The van der Waals surface area contributed by atoms with Crippen LogP contribution in [0.3, 0.4) is 0 Å². The van der Waals surface area contributed by atoms with Gasteiger partial charge in [-0.15, -0.1) is 0 Å². The van der Waals surface area contributed by atoms with Gasteiger partial charge < -0.3 is 15.5 Å². The van der Waals surface area contributed by atoms with Crippen molar-refractivity contribution in [3.8, 4) is 0 Å². The minimum absolute atomic E-state index is 0.0972. The normalized spacial score (nSPS) is 20.9. The fourth-order valence-electron chi connectivity index (χ4n) is 3.44. The van der Waals surface area contributed by atoms with Crippen LogP contribution in [-0.2, 0) is 9.59 Å². The molecule has 0 aliphatic carbocycles. The van der Waals surface area contributed by atoms with E-state index in [0.29, 0.717) is 12.3 Å². The maximum absolute atomic E-state index is 12.3. The Morgan fingerprint density at radius 1 is 1.14 bits per heavy atom. The number of carbonyl (C=O) groups is 2. The second-order valence-corrected chi connectivity index (χ2v) is 6.68. The first-order valence-electron chi connectivity index (χ1n) is 8.97. The first kappa shape index (κ1) is 17.3. The summed E-state index contributed by atoms with van der Waals surface area (Å²) >= 11 is 0. The molecular weight excluding hydrogens is 278 g/mol. The minimum Gasteiger partial charge on any atom is -0.356 e. The molecule has 0 unspecified atom stereocenters. The Labute approximate surface area is 134 Å². The Morgan fingerprint density at radius 3 is 2.45 bits per heavy atom. The second-order valence-electron chi connectivity index (χ2n) is 6.68. The molecule has 0 saturated carbocycles. The van der Waals surface area contributed by atoms with Crippen LogP contribution >= 0.6 is 0 Å². The number of piperidine rings is 2. The minimum atomic E-state index is 0.0972. The number of amides is 2. The Balaban J connectivity index is 1.65. The largest absolute Gasteiger partial charge is 0.356 e. The van der Waals surface area contributed by atoms with E-state index in [1.165, 1.54) is 12.8 Å². The third-order valence-electron chi connectivity index (χ3n) is 4.99. The smallest absolute Gasteiger partial charge is 0.223 e. The molecule has 0 atom stereocenters. The Morgan fingerprint density at radius 2 is 1.82 bits per heavy atom. The summed E-state index contributed by atoms with van der Waals surface area (Å²) in [6, 6.07) is 0. The predicted molar refractivity (Wildman–Crippen MR) is 87.4 cm³/mol. The molecule has 0 aromatic rings. The zero-order chi connectivity index (χ0) is 15.8. The quantitative estimate of drug-likeness (QED) is 0.782. The summed E-state index contributed by atoms with van der Waals surface area (Å²) in [5.41, 5.74) is 0. The number of nitrogens with one attached hydrogen (secondary N) is 2. The third-order valence-corrected chi connectivity index (χ3v) is 4.99. The summed E-state index contributed by atoms with van der Waals surface area (Å²) in [7, 11) is 0. The highest BCUT2D eigenvalue weighted by Gasteiger charge is 2.27. The number of likely N-dealkylation sites (tertiary alicyclic amines) is 1. The molecule has 126 valence electrons. The van der Waals surface area contributed by atoms with Gasteiger partial charge >= 0.3 is 0 Å². The van der Waals surface area contributed by atoms with E-state index in [-0.39, 0.29) is 17.7 Å². The van der Waals surface area contributed by atoms with Crippen molar-refractivity contribution < 1.29 is 9.59 Å². The number of rotatable bonds is 6. The van der Waals surface area contributed by atoms with Crippen LogP contribution in [0.4, 0.5) is 0 Å². The van der Waals surface area contributed by atoms with Crippen LogP contribution < -0.4 is 10.6 Å². The Bertz CT molecular complexity index is 359. The molecule has 2 N–H and O–H groups in total. The van der Waals surface area contributed by atoms with Gasteiger partial charge in [0.05, 0.1) is 0 Å². The summed E-state index contributed by atoms with van der Waals surface area (Å²) in [5.74, 6) is 1.26. The number of nitrogens with zero attached hydrogens (tertiary/aromatic N) is 1. The van der Waals surface area contributed by atoms with E-state index in [2.05, 4.69) is 17.6 Å². The van der Waals surface area contributed by atoms with Crippen LogP contribution in [0.2, 0.25) is 0 Å². The molecule has 2 aliphatic rings. The number of hydrogen-bond donors (Lipinski definition) is 2. The van der Waals surface area contributed by atoms with Crippen LogP contribution in [0.1, 0.15) is 51.9 Å². The standard InChI is InChI=1S/C17H31N3O2/c1-2-9-19-17(22)15-7-12-20(13-8-15)16(21)4-3-14-5-10-18-11-6-14/h14-15,18H,2-13H2,1H3,(H,19,22). The lowest BCUT2D eigenvalue weighted by molar-refractivity contribution is -0.135. The van der Waals surface area contributed by atoms with Gasteiger partial charge in [-0.1, -0.05) is 6.92 Å². The molecule has 5 nitrogen and oxygen atoms in total. The molecule has 0 radical (unpaired) electrons. The third kappa shape index (κ3) is 5.27. The summed E-state index contributed by atoms with van der Waals surface area (Å²) in [6.45, 7) is 6.50. The van der Waals surface area contributed by atoms with Crippen molar-refractivity contribution in [2.75, 3.05) is 32.7 Å². The van der Waals surface area contributed by atoms with Gasteiger partial charge in [0.15, 0.2) is 0 Å². The first-order chi connectivity index (χ1) is 10.7. The molecule has 0 aromatic heterocycles. The van der Waals surface area contributed by atoms with Gasteiger partial charge in [0, 0.05) is 32.0 Å². The van der Waals surface area contributed by atoms with E-state index in [9.17, 15) is 9.59 Å². The predicted octanol–water partition coefficient (Wildman–Crippen LogP) is 1.53. The lowest BCUT2D eigenvalue weighted by atomic mass is 9.92. The maximum atomic E-state index is 12.3.